The molecule has 6 nitrogen and oxygen atoms in total. The summed E-state index contributed by atoms with van der Waals surface area (Å²) >= 11 is 0. The summed E-state index contributed by atoms with van der Waals surface area (Å²) in [4.78, 5) is 34.4. The Kier molecular flexibility index (Phi) is 4.55. The topological polar surface area (TPSA) is 78.1 Å². The zero-order valence-electron chi connectivity index (χ0n) is 14.4. The summed E-state index contributed by atoms with van der Waals surface area (Å²) in [5.41, 5.74) is 1.83. The molecule has 1 fully saturated rings. The quantitative estimate of drug-likeness (QED) is 0.904. The summed E-state index contributed by atoms with van der Waals surface area (Å²) in [6.45, 7) is 6.30. The van der Waals surface area contributed by atoms with Crippen LogP contribution >= 0.6 is 0 Å². The molecule has 2 N–H and O–H groups in total. The van der Waals surface area contributed by atoms with Crippen LogP contribution in [-0.4, -0.2) is 39.3 Å². The molecule has 0 spiro atoms. The molecular formula is C18H24N4O2. The molecule has 1 aromatic carbocycles. The zero-order chi connectivity index (χ0) is 17.3. The highest BCUT2D eigenvalue weighted by Gasteiger charge is 2.35. The lowest BCUT2D eigenvalue weighted by molar-refractivity contribution is -0.141. The van der Waals surface area contributed by atoms with Crippen molar-refractivity contribution in [1.82, 2.24) is 20.2 Å². The van der Waals surface area contributed by atoms with Crippen LogP contribution in [0, 0.1) is 5.92 Å². The number of fused-ring (bicyclic) bond motifs is 1. The largest absolute Gasteiger partial charge is 0.345 e. The van der Waals surface area contributed by atoms with Crippen LogP contribution in [0.25, 0.3) is 11.0 Å². The monoisotopic (exact) mass is 328 g/mol. The highest BCUT2D eigenvalue weighted by molar-refractivity contribution is 5.89. The van der Waals surface area contributed by atoms with Gasteiger partial charge in [0.1, 0.15) is 11.9 Å². The van der Waals surface area contributed by atoms with Crippen LogP contribution in [0.4, 0.5) is 0 Å². The highest BCUT2D eigenvalue weighted by atomic mass is 16.2. The van der Waals surface area contributed by atoms with E-state index in [2.05, 4.69) is 15.3 Å². The van der Waals surface area contributed by atoms with E-state index in [1.165, 1.54) is 0 Å². The number of carbonyl (C=O) groups excluding carboxylic acids is 2. The van der Waals surface area contributed by atoms with Crippen LogP contribution in [-0.2, 0) is 9.59 Å². The first-order valence-corrected chi connectivity index (χ1v) is 8.53. The average molecular weight is 328 g/mol. The second-order valence-electron chi connectivity index (χ2n) is 6.71. The summed E-state index contributed by atoms with van der Waals surface area (Å²) in [7, 11) is 0. The van der Waals surface area contributed by atoms with Gasteiger partial charge in [0.05, 0.1) is 17.1 Å². The fourth-order valence-corrected chi connectivity index (χ4v) is 3.19. The van der Waals surface area contributed by atoms with Gasteiger partial charge in [0.25, 0.3) is 0 Å². The van der Waals surface area contributed by atoms with Crippen molar-refractivity contribution in [2.45, 2.75) is 45.7 Å². The summed E-state index contributed by atoms with van der Waals surface area (Å²) in [5, 5.41) is 3.00. The normalized spacial score (nSPS) is 19.0. The lowest BCUT2D eigenvalue weighted by Gasteiger charge is -2.26. The number of amides is 2. The average Bonchev–Trinajstić information content (AvgIpc) is 3.20. The lowest BCUT2D eigenvalue weighted by Crippen LogP contribution is -2.47. The molecule has 0 unspecified atom stereocenters. The molecule has 1 aromatic heterocycles. The first-order chi connectivity index (χ1) is 11.5. The Morgan fingerprint density at radius 3 is 2.75 bits per heavy atom. The van der Waals surface area contributed by atoms with Crippen LogP contribution in [0.1, 0.15) is 45.5 Å². The second-order valence-corrected chi connectivity index (χ2v) is 6.71. The Bertz CT molecular complexity index is 719. The molecule has 2 heterocycles. The number of hydrogen-bond acceptors (Lipinski definition) is 3. The van der Waals surface area contributed by atoms with E-state index in [0.717, 1.165) is 29.7 Å². The molecule has 24 heavy (non-hydrogen) atoms. The van der Waals surface area contributed by atoms with Crippen LogP contribution < -0.4 is 5.32 Å². The summed E-state index contributed by atoms with van der Waals surface area (Å²) < 4.78 is 0. The maximum Gasteiger partial charge on any atom is 0.243 e. The molecule has 6 heteroatoms. The summed E-state index contributed by atoms with van der Waals surface area (Å²) in [6.07, 6.45) is 1.59. The van der Waals surface area contributed by atoms with Crippen LogP contribution in [0.5, 0.6) is 0 Å². The fraction of sp³-hybridized carbons (Fsp3) is 0.500. The molecule has 128 valence electrons. The number of aromatic nitrogens is 2. The van der Waals surface area contributed by atoms with E-state index in [-0.39, 0.29) is 29.8 Å². The molecule has 1 aliphatic rings. The molecule has 3 rings (SSSR count). The van der Waals surface area contributed by atoms with E-state index in [1.54, 1.807) is 4.90 Å². The molecule has 1 aliphatic heterocycles. The first-order valence-electron chi connectivity index (χ1n) is 8.53. The minimum atomic E-state index is -0.369. The maximum atomic E-state index is 12.6. The van der Waals surface area contributed by atoms with Crippen molar-refractivity contribution in [3.63, 3.8) is 0 Å². The Hall–Kier alpha value is -2.37. The smallest absolute Gasteiger partial charge is 0.243 e. The molecule has 1 saturated heterocycles. The Morgan fingerprint density at radius 1 is 1.29 bits per heavy atom. The molecular weight excluding hydrogens is 304 g/mol. The first kappa shape index (κ1) is 16.5. The van der Waals surface area contributed by atoms with Gasteiger partial charge in [0.2, 0.25) is 11.8 Å². The van der Waals surface area contributed by atoms with Crippen LogP contribution in [0.15, 0.2) is 24.3 Å². The Morgan fingerprint density at radius 2 is 2.04 bits per heavy atom. The third-order valence-corrected chi connectivity index (χ3v) is 4.51. The number of likely N-dealkylation sites (tertiary alicyclic amines) is 1. The number of hydrogen-bond donors (Lipinski definition) is 2. The van der Waals surface area contributed by atoms with E-state index in [4.69, 9.17) is 0 Å². The van der Waals surface area contributed by atoms with E-state index >= 15 is 0 Å². The van der Waals surface area contributed by atoms with Gasteiger partial charge >= 0.3 is 0 Å². The SMILES string of the molecule is CC(C)C(=O)N1CCC[C@@H]1C(=O)N[C@H](C)c1nc2ccccc2[nH]1. The standard InChI is InChI=1S/C18H24N4O2/c1-11(2)18(24)22-10-6-9-15(22)17(23)19-12(3)16-20-13-7-4-5-8-14(13)21-16/h4-5,7-8,11-12,15H,6,9-10H2,1-3H3,(H,19,23)(H,20,21)/t12-,15-/m1/s1. The number of nitrogens with one attached hydrogen (secondary N) is 2. The molecule has 2 amide bonds. The molecule has 0 saturated carbocycles. The molecule has 2 atom stereocenters. The maximum absolute atomic E-state index is 12.6. The van der Waals surface area contributed by atoms with E-state index in [1.807, 2.05) is 45.0 Å². The third kappa shape index (κ3) is 3.13. The van der Waals surface area contributed by atoms with Crippen molar-refractivity contribution < 1.29 is 9.59 Å². The minimum absolute atomic E-state index is 0.0454. The molecule has 2 aromatic rings. The van der Waals surface area contributed by atoms with Gasteiger partial charge in [-0.2, -0.15) is 0 Å². The predicted octanol–water partition coefficient (Wildman–Crippen LogP) is 2.39. The van der Waals surface area contributed by atoms with Crippen LogP contribution in [0.3, 0.4) is 0 Å². The number of para-hydroxylation sites is 2. The van der Waals surface area contributed by atoms with E-state index in [0.29, 0.717) is 6.54 Å². The number of benzene rings is 1. The van der Waals surface area contributed by atoms with Crippen molar-refractivity contribution in [1.29, 1.82) is 0 Å². The molecule has 0 bridgehead atoms. The number of H-pyrrole nitrogens is 1. The van der Waals surface area contributed by atoms with E-state index < -0.39 is 0 Å². The van der Waals surface area contributed by atoms with Crippen molar-refractivity contribution in [2.24, 2.45) is 5.92 Å². The van der Waals surface area contributed by atoms with Gasteiger partial charge in [0.15, 0.2) is 0 Å². The van der Waals surface area contributed by atoms with Gasteiger partial charge in [-0.1, -0.05) is 26.0 Å². The number of nitrogens with zero attached hydrogens (tertiary/aromatic N) is 2. The minimum Gasteiger partial charge on any atom is -0.345 e. The molecule has 0 radical (unpaired) electrons. The van der Waals surface area contributed by atoms with Crippen molar-refractivity contribution in [3.8, 4) is 0 Å². The zero-order valence-corrected chi connectivity index (χ0v) is 14.4. The van der Waals surface area contributed by atoms with Crippen LogP contribution in [0.2, 0.25) is 0 Å². The number of imidazole rings is 1. The van der Waals surface area contributed by atoms with Gasteiger partial charge in [-0.15, -0.1) is 0 Å². The number of rotatable bonds is 4. The summed E-state index contributed by atoms with van der Waals surface area (Å²) in [6, 6.07) is 7.17. The van der Waals surface area contributed by atoms with Crippen molar-refractivity contribution >= 4 is 22.8 Å². The second kappa shape index (κ2) is 6.63. The molecule has 0 aliphatic carbocycles. The number of aromatic amines is 1. The van der Waals surface area contributed by atoms with Gasteiger partial charge in [0, 0.05) is 12.5 Å². The highest BCUT2D eigenvalue weighted by Crippen LogP contribution is 2.21. The lowest BCUT2D eigenvalue weighted by atomic mass is 10.1. The van der Waals surface area contributed by atoms with Gasteiger partial charge < -0.3 is 15.2 Å². The number of carbonyl (C=O) groups is 2. The fourth-order valence-electron chi connectivity index (χ4n) is 3.19. The van der Waals surface area contributed by atoms with Crippen molar-refractivity contribution in [3.05, 3.63) is 30.1 Å². The van der Waals surface area contributed by atoms with Crippen molar-refractivity contribution in [2.75, 3.05) is 6.54 Å². The van der Waals surface area contributed by atoms with Gasteiger partial charge in [-0.25, -0.2) is 4.98 Å². The predicted molar refractivity (Wildman–Crippen MR) is 92.2 cm³/mol. The van der Waals surface area contributed by atoms with Gasteiger partial charge in [-0.05, 0) is 31.9 Å². The third-order valence-electron chi connectivity index (χ3n) is 4.51. The summed E-state index contributed by atoms with van der Waals surface area (Å²) in [5.74, 6) is 0.578. The van der Waals surface area contributed by atoms with Gasteiger partial charge in [-0.3, -0.25) is 9.59 Å². The van der Waals surface area contributed by atoms with E-state index in [9.17, 15) is 9.59 Å². The Labute approximate surface area is 141 Å². The Balaban J connectivity index is 1.70.